The van der Waals surface area contributed by atoms with Crippen LogP contribution in [0.3, 0.4) is 0 Å². The largest absolute Gasteiger partial charge is 0.481 e. The number of rotatable bonds is 5. The average Bonchev–Trinajstić information content (AvgIpc) is 3.17. The SMILES string of the molecule is COc1ccnc(N2C[C@H](OC)C[C@H]2c2nc(C3CC3)n[nH]2)n1. The summed E-state index contributed by atoms with van der Waals surface area (Å²) in [5.74, 6) is 3.48. The molecule has 23 heavy (non-hydrogen) atoms. The summed E-state index contributed by atoms with van der Waals surface area (Å²) in [4.78, 5) is 15.6. The Morgan fingerprint density at radius 1 is 1.26 bits per heavy atom. The second-order valence-electron chi connectivity index (χ2n) is 6.01. The smallest absolute Gasteiger partial charge is 0.229 e. The van der Waals surface area contributed by atoms with Crippen LogP contribution in [0.5, 0.6) is 5.88 Å². The van der Waals surface area contributed by atoms with E-state index in [0.29, 0.717) is 24.3 Å². The second kappa shape index (κ2) is 5.77. The van der Waals surface area contributed by atoms with Gasteiger partial charge in [0.15, 0.2) is 5.82 Å². The predicted octanol–water partition coefficient (Wildman–Crippen LogP) is 1.45. The molecule has 0 radical (unpaired) electrons. The first-order valence-corrected chi connectivity index (χ1v) is 7.87. The van der Waals surface area contributed by atoms with Gasteiger partial charge in [0.2, 0.25) is 11.8 Å². The molecule has 2 fully saturated rings. The van der Waals surface area contributed by atoms with E-state index >= 15 is 0 Å². The van der Waals surface area contributed by atoms with Gasteiger partial charge in [0, 0.05) is 38.3 Å². The molecule has 1 saturated heterocycles. The van der Waals surface area contributed by atoms with Crippen molar-refractivity contribution in [3.8, 4) is 5.88 Å². The Kier molecular flexibility index (Phi) is 3.60. The quantitative estimate of drug-likeness (QED) is 0.893. The highest BCUT2D eigenvalue weighted by atomic mass is 16.5. The number of nitrogens with one attached hydrogen (secondary N) is 1. The van der Waals surface area contributed by atoms with E-state index in [9.17, 15) is 0 Å². The van der Waals surface area contributed by atoms with Crippen LogP contribution in [0.4, 0.5) is 5.95 Å². The summed E-state index contributed by atoms with van der Waals surface area (Å²) in [6.45, 7) is 0.716. The van der Waals surface area contributed by atoms with Crippen LogP contribution in [-0.2, 0) is 4.74 Å². The van der Waals surface area contributed by atoms with Crippen LogP contribution in [-0.4, -0.2) is 52.0 Å². The number of hydrogen-bond donors (Lipinski definition) is 1. The molecular formula is C15H20N6O2. The highest BCUT2D eigenvalue weighted by molar-refractivity contribution is 5.37. The molecule has 2 atom stereocenters. The maximum Gasteiger partial charge on any atom is 0.229 e. The zero-order valence-corrected chi connectivity index (χ0v) is 13.3. The molecule has 3 heterocycles. The van der Waals surface area contributed by atoms with Crippen molar-refractivity contribution in [2.45, 2.75) is 37.3 Å². The lowest BCUT2D eigenvalue weighted by molar-refractivity contribution is 0.118. The molecule has 0 aromatic carbocycles. The Hall–Kier alpha value is -2.22. The molecule has 122 valence electrons. The predicted molar refractivity (Wildman–Crippen MR) is 82.4 cm³/mol. The van der Waals surface area contributed by atoms with Gasteiger partial charge in [-0.25, -0.2) is 9.97 Å². The summed E-state index contributed by atoms with van der Waals surface area (Å²) in [5, 5.41) is 7.46. The summed E-state index contributed by atoms with van der Waals surface area (Å²) in [6.07, 6.45) is 5.02. The number of nitrogens with zero attached hydrogens (tertiary/aromatic N) is 5. The summed E-state index contributed by atoms with van der Waals surface area (Å²) >= 11 is 0. The summed E-state index contributed by atoms with van der Waals surface area (Å²) in [5.41, 5.74) is 0. The van der Waals surface area contributed by atoms with Crippen LogP contribution < -0.4 is 9.64 Å². The summed E-state index contributed by atoms with van der Waals surface area (Å²) in [6, 6.07) is 1.77. The molecule has 1 aliphatic carbocycles. The van der Waals surface area contributed by atoms with Crippen LogP contribution in [0.15, 0.2) is 12.3 Å². The van der Waals surface area contributed by atoms with Crippen LogP contribution in [0.2, 0.25) is 0 Å². The topological polar surface area (TPSA) is 89.0 Å². The number of H-pyrrole nitrogens is 1. The van der Waals surface area contributed by atoms with Crippen LogP contribution in [0.25, 0.3) is 0 Å². The molecule has 1 aliphatic heterocycles. The number of anilines is 1. The third-order valence-electron chi connectivity index (χ3n) is 4.46. The summed E-state index contributed by atoms with van der Waals surface area (Å²) in [7, 11) is 3.33. The van der Waals surface area contributed by atoms with Gasteiger partial charge in [-0.2, -0.15) is 10.1 Å². The third-order valence-corrected chi connectivity index (χ3v) is 4.46. The maximum atomic E-state index is 5.55. The van der Waals surface area contributed by atoms with Gasteiger partial charge in [-0.15, -0.1) is 0 Å². The Morgan fingerprint density at radius 2 is 2.13 bits per heavy atom. The van der Waals surface area contributed by atoms with Gasteiger partial charge in [0.25, 0.3) is 0 Å². The number of hydrogen-bond acceptors (Lipinski definition) is 7. The van der Waals surface area contributed by atoms with E-state index in [-0.39, 0.29) is 12.1 Å². The Bertz CT molecular complexity index is 686. The fourth-order valence-corrected chi connectivity index (χ4v) is 2.99. The lowest BCUT2D eigenvalue weighted by Gasteiger charge is -2.22. The number of aromatic nitrogens is 5. The minimum atomic E-state index is 0.0343. The first-order valence-electron chi connectivity index (χ1n) is 7.87. The Labute approximate surface area is 134 Å². The highest BCUT2D eigenvalue weighted by Crippen LogP contribution is 2.40. The van der Waals surface area contributed by atoms with Gasteiger partial charge in [-0.3, -0.25) is 5.10 Å². The fraction of sp³-hybridized carbons (Fsp3) is 0.600. The number of methoxy groups -OCH3 is 2. The Morgan fingerprint density at radius 3 is 2.87 bits per heavy atom. The van der Waals surface area contributed by atoms with Gasteiger partial charge in [-0.05, 0) is 12.8 Å². The molecule has 1 saturated carbocycles. The van der Waals surface area contributed by atoms with Gasteiger partial charge < -0.3 is 14.4 Å². The molecule has 0 unspecified atom stereocenters. The first-order chi connectivity index (χ1) is 11.3. The molecule has 2 aromatic rings. The molecule has 8 nitrogen and oxygen atoms in total. The normalized spacial score (nSPS) is 24.2. The van der Waals surface area contributed by atoms with Crippen molar-refractivity contribution in [1.29, 1.82) is 0 Å². The molecule has 2 aliphatic rings. The minimum absolute atomic E-state index is 0.0343. The molecule has 2 aromatic heterocycles. The van der Waals surface area contributed by atoms with E-state index in [1.54, 1.807) is 26.5 Å². The molecule has 0 bridgehead atoms. The molecule has 0 spiro atoms. The fourth-order valence-electron chi connectivity index (χ4n) is 2.99. The van der Waals surface area contributed by atoms with Gasteiger partial charge in [0.1, 0.15) is 5.82 Å². The monoisotopic (exact) mass is 316 g/mol. The van der Waals surface area contributed by atoms with Crippen LogP contribution >= 0.6 is 0 Å². The van der Waals surface area contributed by atoms with Crippen molar-refractivity contribution in [2.75, 3.05) is 25.7 Å². The first kappa shape index (κ1) is 14.4. The van der Waals surface area contributed by atoms with E-state index in [4.69, 9.17) is 14.5 Å². The highest BCUT2D eigenvalue weighted by Gasteiger charge is 2.38. The van der Waals surface area contributed by atoms with Crippen molar-refractivity contribution in [3.63, 3.8) is 0 Å². The standard InChI is InChI=1S/C15H20N6O2/c1-22-10-7-11(14-18-13(19-20-14)9-3-4-9)21(8-10)15-16-6-5-12(17-15)23-2/h5-6,9-11H,3-4,7-8H2,1-2H3,(H,18,19,20)/t10-,11+/m1/s1. The summed E-state index contributed by atoms with van der Waals surface area (Å²) < 4.78 is 10.8. The lowest BCUT2D eigenvalue weighted by Crippen LogP contribution is -2.27. The zero-order valence-electron chi connectivity index (χ0n) is 13.3. The van der Waals surface area contributed by atoms with E-state index in [2.05, 4.69) is 25.1 Å². The van der Waals surface area contributed by atoms with E-state index in [1.165, 1.54) is 12.8 Å². The molecule has 0 amide bonds. The van der Waals surface area contributed by atoms with Gasteiger partial charge in [-0.1, -0.05) is 0 Å². The van der Waals surface area contributed by atoms with Gasteiger partial charge >= 0.3 is 0 Å². The third kappa shape index (κ3) is 2.74. The molecule has 1 N–H and O–H groups in total. The van der Waals surface area contributed by atoms with Crippen molar-refractivity contribution in [3.05, 3.63) is 23.9 Å². The molecular weight excluding hydrogens is 296 g/mol. The van der Waals surface area contributed by atoms with Crippen LogP contribution in [0, 0.1) is 0 Å². The van der Waals surface area contributed by atoms with Crippen molar-refractivity contribution in [1.82, 2.24) is 25.1 Å². The van der Waals surface area contributed by atoms with Crippen LogP contribution in [0.1, 0.15) is 42.9 Å². The molecule has 4 rings (SSSR count). The van der Waals surface area contributed by atoms with E-state index in [0.717, 1.165) is 18.1 Å². The molecule has 8 heteroatoms. The van der Waals surface area contributed by atoms with E-state index < -0.39 is 0 Å². The lowest BCUT2D eigenvalue weighted by atomic mass is 10.2. The Balaban J connectivity index is 1.64. The number of aromatic amines is 1. The van der Waals surface area contributed by atoms with E-state index in [1.807, 2.05) is 0 Å². The zero-order chi connectivity index (χ0) is 15.8. The van der Waals surface area contributed by atoms with Crippen molar-refractivity contribution >= 4 is 5.95 Å². The van der Waals surface area contributed by atoms with Gasteiger partial charge in [0.05, 0.1) is 19.3 Å². The van der Waals surface area contributed by atoms with Crippen molar-refractivity contribution < 1.29 is 9.47 Å². The second-order valence-corrected chi connectivity index (χ2v) is 6.01. The van der Waals surface area contributed by atoms with Crippen molar-refractivity contribution in [2.24, 2.45) is 0 Å². The number of ether oxygens (including phenoxy) is 2. The maximum absolute atomic E-state index is 5.55. The average molecular weight is 316 g/mol. The minimum Gasteiger partial charge on any atom is -0.481 e.